The minimum atomic E-state index is -8.72. The van der Waals surface area contributed by atoms with Gasteiger partial charge in [0, 0.05) is 0 Å². The predicted molar refractivity (Wildman–Crippen MR) is 93.2 cm³/mol. The zero-order valence-electron chi connectivity index (χ0n) is 23.1. The van der Waals surface area contributed by atoms with Crippen molar-refractivity contribution in [2.45, 2.75) is 84.2 Å². The molecule has 0 atom stereocenters. The van der Waals surface area contributed by atoms with Crippen molar-refractivity contribution >= 4 is 0 Å². The number of alkyl halides is 30. The molecule has 3 nitrogen and oxygen atoms in total. The van der Waals surface area contributed by atoms with Crippen molar-refractivity contribution < 1.29 is 163 Å². The molecule has 0 amide bonds. The number of halogens is 34. The van der Waals surface area contributed by atoms with Crippen LogP contribution in [0, 0.1) is 0 Å². The zero-order chi connectivity index (χ0) is 45.4. The predicted octanol–water partition coefficient (Wildman–Crippen LogP) is 11.8. The van der Waals surface area contributed by atoms with Gasteiger partial charge < -0.3 is 4.74 Å². The third-order valence-corrected chi connectivity index (χ3v) is 5.34. The van der Waals surface area contributed by atoms with Crippen LogP contribution in [-0.2, 0) is 14.2 Å². The van der Waals surface area contributed by atoms with E-state index in [1.165, 1.54) is 0 Å². The first-order valence-corrected chi connectivity index (χ1v) is 11.2. The van der Waals surface area contributed by atoms with Crippen molar-refractivity contribution in [3.05, 3.63) is 23.7 Å². The van der Waals surface area contributed by atoms with E-state index in [1.807, 2.05) is 0 Å². The SMILES string of the molecule is FC(OC(F)=C(F)C(F)(F)C(F)(F)C(F)(F)OC(F)(F)C(F)(F)C(F)(F)C(F)(F)F)=C(F)C(F)(F)C(F)(F)C(F)(F)OC(F)(F)C(F)(F)C(F)(F)C(F)(F)F. The molecule has 0 aromatic heterocycles. The van der Waals surface area contributed by atoms with Gasteiger partial charge in [-0.05, 0) is 0 Å². The summed E-state index contributed by atoms with van der Waals surface area (Å²) in [6.45, 7) is 0. The maximum atomic E-state index is 13.6. The van der Waals surface area contributed by atoms with Crippen molar-refractivity contribution in [1.29, 1.82) is 0 Å². The first kappa shape index (κ1) is 51.8. The summed E-state index contributed by atoms with van der Waals surface area (Å²) in [5, 5.41) is 0. The molecule has 328 valence electrons. The Bertz CT molecular complexity index is 1350. The molecule has 0 aliphatic carbocycles. The van der Waals surface area contributed by atoms with Crippen LogP contribution < -0.4 is 0 Å². The number of ether oxygens (including phenoxy) is 3. The van der Waals surface area contributed by atoms with Crippen molar-refractivity contribution in [2.24, 2.45) is 0 Å². The van der Waals surface area contributed by atoms with Crippen LogP contribution in [0.2, 0.25) is 0 Å². The molecule has 0 aromatic carbocycles. The molecule has 0 N–H and O–H groups in total. The van der Waals surface area contributed by atoms with E-state index >= 15 is 0 Å². The Morgan fingerprint density at radius 1 is 0.255 bits per heavy atom. The monoisotopic (exact) mass is 910 g/mol. The van der Waals surface area contributed by atoms with Gasteiger partial charge in [0.05, 0.1) is 0 Å². The lowest BCUT2D eigenvalue weighted by Gasteiger charge is -2.37. The highest BCUT2D eigenvalue weighted by molar-refractivity contribution is 5.18. The van der Waals surface area contributed by atoms with Gasteiger partial charge in [-0.1, -0.05) is 0 Å². The highest BCUT2D eigenvalue weighted by atomic mass is 19.4. The molecule has 0 saturated heterocycles. The van der Waals surface area contributed by atoms with Crippen LogP contribution >= 0.6 is 0 Å². The van der Waals surface area contributed by atoms with Crippen LogP contribution in [0.1, 0.15) is 0 Å². The lowest BCUT2D eigenvalue weighted by atomic mass is 10.1. The average Bonchev–Trinajstić information content (AvgIpc) is 2.92. The van der Waals surface area contributed by atoms with Crippen LogP contribution in [0.15, 0.2) is 23.7 Å². The molecule has 37 heteroatoms. The van der Waals surface area contributed by atoms with Crippen molar-refractivity contribution in [3.63, 3.8) is 0 Å². The topological polar surface area (TPSA) is 27.7 Å². The first-order chi connectivity index (χ1) is 23.3. The van der Waals surface area contributed by atoms with Gasteiger partial charge in [0.25, 0.3) is 0 Å². The van der Waals surface area contributed by atoms with Crippen molar-refractivity contribution in [2.75, 3.05) is 0 Å². The highest BCUT2D eigenvalue weighted by Crippen LogP contribution is 2.60. The molecule has 0 aromatic rings. The van der Waals surface area contributed by atoms with Gasteiger partial charge in [-0.2, -0.15) is 149 Å². The lowest BCUT2D eigenvalue weighted by Crippen LogP contribution is -2.65. The van der Waals surface area contributed by atoms with E-state index in [0.717, 1.165) is 9.47 Å². The minimum absolute atomic E-state index is 0.891. The Balaban J connectivity index is 6.94. The van der Waals surface area contributed by atoms with E-state index in [9.17, 15) is 149 Å². The summed E-state index contributed by atoms with van der Waals surface area (Å²) in [5.74, 6) is -79.3. The molecular formula is C18F34O3. The quantitative estimate of drug-likeness (QED) is 0.114. The second kappa shape index (κ2) is 13.7. The van der Waals surface area contributed by atoms with Gasteiger partial charge in [0.1, 0.15) is 0 Å². The van der Waals surface area contributed by atoms with E-state index in [4.69, 9.17) is 0 Å². The summed E-state index contributed by atoms with van der Waals surface area (Å²) < 4.78 is 446. The fourth-order valence-electron chi connectivity index (χ4n) is 2.36. The van der Waals surface area contributed by atoms with Crippen molar-refractivity contribution in [3.8, 4) is 0 Å². The molecule has 55 heavy (non-hydrogen) atoms. The number of hydrogen-bond donors (Lipinski definition) is 0. The van der Waals surface area contributed by atoms with Crippen LogP contribution in [-0.4, -0.2) is 84.2 Å². The standard InChI is InChI=1S/C18F34O3/c19-1(5(23,24)7(27,28)15(45,46)54-17(49,50)11(35,36)9(31,32)13(39,40)41)3(21)53-4(22)2(20)6(25,26)8(29,30)16(47,48)55-18(51,52)12(37,38)10(33,34)14(42,43)44. The molecule has 0 radical (unpaired) electrons. The molecule has 0 saturated carbocycles. The third kappa shape index (κ3) is 8.03. The van der Waals surface area contributed by atoms with E-state index in [0.29, 0.717) is 0 Å². The van der Waals surface area contributed by atoms with E-state index < -0.39 is 108 Å². The molecule has 0 unspecified atom stereocenters. The van der Waals surface area contributed by atoms with Crippen LogP contribution in [0.5, 0.6) is 0 Å². The molecule has 0 spiro atoms. The maximum Gasteiger partial charge on any atom is 0.460 e. The fraction of sp³-hybridized carbons (Fsp3) is 0.778. The number of rotatable bonds is 16. The van der Waals surface area contributed by atoms with Crippen LogP contribution in [0.3, 0.4) is 0 Å². The normalized spacial score (nSPS) is 17.3. The summed E-state index contributed by atoms with van der Waals surface area (Å²) in [5.41, 5.74) is 0. The first-order valence-electron chi connectivity index (χ1n) is 11.2. The number of hydrogen-bond acceptors (Lipinski definition) is 3. The molecule has 0 aliphatic rings. The molecule has 0 rings (SSSR count). The Labute approximate surface area is 273 Å². The second-order valence-corrected chi connectivity index (χ2v) is 9.14. The average molecular weight is 910 g/mol. The minimum Gasteiger partial charge on any atom is -0.400 e. The van der Waals surface area contributed by atoms with E-state index in [2.05, 4.69) is 0 Å². The lowest BCUT2D eigenvalue weighted by molar-refractivity contribution is -0.511. The summed E-state index contributed by atoms with van der Waals surface area (Å²) in [6, 6.07) is -10.3. The van der Waals surface area contributed by atoms with Crippen LogP contribution in [0.4, 0.5) is 149 Å². The molecule has 0 fully saturated rings. The summed E-state index contributed by atoms with van der Waals surface area (Å²) in [7, 11) is 0. The second-order valence-electron chi connectivity index (χ2n) is 9.14. The van der Waals surface area contributed by atoms with Crippen LogP contribution in [0.25, 0.3) is 0 Å². The van der Waals surface area contributed by atoms with Gasteiger partial charge >= 0.3 is 96.2 Å². The molecular weight excluding hydrogens is 910 g/mol. The molecule has 0 heterocycles. The summed E-state index contributed by atoms with van der Waals surface area (Å²) >= 11 is 0. The van der Waals surface area contributed by atoms with Crippen molar-refractivity contribution in [1.82, 2.24) is 0 Å². The Hall–Kier alpha value is -3.18. The summed E-state index contributed by atoms with van der Waals surface area (Å²) in [4.78, 5) is 0. The summed E-state index contributed by atoms with van der Waals surface area (Å²) in [6.07, 6.45) is -50.1. The number of allylic oxidation sites excluding steroid dienone is 2. The third-order valence-electron chi connectivity index (χ3n) is 5.34. The smallest absolute Gasteiger partial charge is 0.400 e. The van der Waals surface area contributed by atoms with E-state index in [-0.39, 0.29) is 0 Å². The maximum absolute atomic E-state index is 13.6. The Morgan fingerprint density at radius 2 is 0.436 bits per heavy atom. The van der Waals surface area contributed by atoms with Gasteiger partial charge in [-0.15, -0.1) is 0 Å². The van der Waals surface area contributed by atoms with Gasteiger partial charge in [0.2, 0.25) is 11.7 Å². The van der Waals surface area contributed by atoms with Gasteiger partial charge in [0.15, 0.2) is 0 Å². The Kier molecular flexibility index (Phi) is 12.9. The fourth-order valence-corrected chi connectivity index (χ4v) is 2.36. The zero-order valence-corrected chi connectivity index (χ0v) is 23.1. The van der Waals surface area contributed by atoms with Gasteiger partial charge in [-0.25, -0.2) is 9.47 Å². The van der Waals surface area contributed by atoms with E-state index in [1.54, 1.807) is 4.74 Å². The molecule has 0 aliphatic heterocycles. The Morgan fingerprint density at radius 3 is 0.618 bits per heavy atom. The van der Waals surface area contributed by atoms with Gasteiger partial charge in [-0.3, -0.25) is 0 Å². The largest absolute Gasteiger partial charge is 0.460 e. The molecule has 0 bridgehead atoms. The highest BCUT2D eigenvalue weighted by Gasteiger charge is 2.88.